The largest absolute Gasteiger partial charge is 0.310 e. The molecule has 2 aromatic rings. The minimum atomic E-state index is 0.385. The molecule has 92 valence electrons. The fraction of sp³-hybridized carbons (Fsp3) is 0.333. The highest BCUT2D eigenvalue weighted by Crippen LogP contribution is 2.36. The minimum Gasteiger partial charge on any atom is -0.310 e. The summed E-state index contributed by atoms with van der Waals surface area (Å²) in [6, 6.07) is 6.90. The first-order valence-corrected chi connectivity index (χ1v) is 8.69. The average molecular weight is 395 g/mol. The van der Waals surface area contributed by atoms with Gasteiger partial charge in [-0.05, 0) is 61.5 Å². The number of likely N-dealkylation sites (N-methyl/N-ethyl adjacent to an activating group) is 1. The lowest BCUT2D eigenvalue weighted by atomic mass is 10.1. The van der Waals surface area contributed by atoms with Crippen molar-refractivity contribution in [2.45, 2.75) is 19.4 Å². The van der Waals surface area contributed by atoms with Crippen molar-refractivity contribution in [1.29, 1.82) is 0 Å². The fourth-order valence-corrected chi connectivity index (χ4v) is 5.48. The van der Waals surface area contributed by atoms with Gasteiger partial charge in [-0.25, -0.2) is 0 Å². The van der Waals surface area contributed by atoms with Gasteiger partial charge in [-0.1, -0.05) is 13.0 Å². The van der Waals surface area contributed by atoms with Crippen LogP contribution in [0.25, 0.3) is 0 Å². The lowest BCUT2D eigenvalue weighted by Crippen LogP contribution is -2.22. The molecule has 0 fully saturated rings. The Labute approximate surface area is 127 Å². The smallest absolute Gasteiger partial charge is 0.0758 e. The first-order chi connectivity index (χ1) is 8.20. The summed E-state index contributed by atoms with van der Waals surface area (Å²) in [5.74, 6) is 0. The SMILES string of the molecule is CCNC(Cc1cccs1)c1cc(Br)sc1Br. The molecule has 2 rings (SSSR count). The van der Waals surface area contributed by atoms with Crippen LogP contribution in [0.5, 0.6) is 0 Å². The maximum atomic E-state index is 3.64. The molecule has 2 aromatic heterocycles. The number of thiophene rings is 2. The van der Waals surface area contributed by atoms with Crippen LogP contribution in [0.15, 0.2) is 31.2 Å². The van der Waals surface area contributed by atoms with Crippen molar-refractivity contribution in [2.24, 2.45) is 0 Å². The molecule has 0 bridgehead atoms. The zero-order chi connectivity index (χ0) is 12.3. The summed E-state index contributed by atoms with van der Waals surface area (Å²) >= 11 is 10.7. The molecule has 1 N–H and O–H groups in total. The maximum Gasteiger partial charge on any atom is 0.0758 e. The van der Waals surface area contributed by atoms with Crippen molar-refractivity contribution in [3.05, 3.63) is 41.6 Å². The third-order valence-corrected chi connectivity index (χ3v) is 5.78. The Morgan fingerprint density at radius 1 is 1.41 bits per heavy atom. The molecule has 0 aromatic carbocycles. The van der Waals surface area contributed by atoms with Crippen molar-refractivity contribution in [3.63, 3.8) is 0 Å². The third-order valence-electron chi connectivity index (χ3n) is 2.49. The molecule has 0 amide bonds. The van der Waals surface area contributed by atoms with E-state index in [9.17, 15) is 0 Å². The number of nitrogens with one attached hydrogen (secondary N) is 1. The highest BCUT2D eigenvalue weighted by atomic mass is 79.9. The Morgan fingerprint density at radius 3 is 2.76 bits per heavy atom. The van der Waals surface area contributed by atoms with Crippen LogP contribution in [-0.4, -0.2) is 6.54 Å². The highest BCUT2D eigenvalue weighted by molar-refractivity contribution is 9.12. The molecule has 0 aliphatic heterocycles. The van der Waals surface area contributed by atoms with Gasteiger partial charge in [0.15, 0.2) is 0 Å². The van der Waals surface area contributed by atoms with Crippen molar-refractivity contribution < 1.29 is 0 Å². The van der Waals surface area contributed by atoms with E-state index in [0.29, 0.717) is 6.04 Å². The summed E-state index contributed by atoms with van der Waals surface area (Å²) in [7, 11) is 0. The lowest BCUT2D eigenvalue weighted by Gasteiger charge is -2.16. The number of halogens is 2. The molecule has 0 saturated carbocycles. The van der Waals surface area contributed by atoms with E-state index < -0.39 is 0 Å². The normalized spacial score (nSPS) is 12.9. The van der Waals surface area contributed by atoms with Crippen LogP contribution in [0.2, 0.25) is 0 Å². The minimum absolute atomic E-state index is 0.385. The van der Waals surface area contributed by atoms with Gasteiger partial charge < -0.3 is 5.32 Å². The van der Waals surface area contributed by atoms with Crippen LogP contribution in [0.4, 0.5) is 0 Å². The van der Waals surface area contributed by atoms with Crippen LogP contribution in [-0.2, 0) is 6.42 Å². The van der Waals surface area contributed by atoms with Crippen LogP contribution in [0.3, 0.4) is 0 Å². The molecule has 2 heterocycles. The topological polar surface area (TPSA) is 12.0 Å². The van der Waals surface area contributed by atoms with E-state index >= 15 is 0 Å². The summed E-state index contributed by atoms with van der Waals surface area (Å²) in [6.07, 6.45) is 1.05. The molecule has 0 aliphatic rings. The summed E-state index contributed by atoms with van der Waals surface area (Å²) in [5, 5.41) is 5.69. The van der Waals surface area contributed by atoms with Gasteiger partial charge in [0.1, 0.15) is 0 Å². The first kappa shape index (κ1) is 13.7. The molecule has 0 radical (unpaired) electrons. The summed E-state index contributed by atoms with van der Waals surface area (Å²) < 4.78 is 2.39. The molecule has 0 aliphatic carbocycles. The first-order valence-electron chi connectivity index (χ1n) is 5.41. The lowest BCUT2D eigenvalue weighted by molar-refractivity contribution is 0.553. The van der Waals surface area contributed by atoms with E-state index in [1.807, 2.05) is 11.3 Å². The Hall–Kier alpha value is 0.320. The van der Waals surface area contributed by atoms with Gasteiger partial charge in [0.2, 0.25) is 0 Å². The van der Waals surface area contributed by atoms with Gasteiger partial charge in [-0.2, -0.15) is 0 Å². The zero-order valence-corrected chi connectivity index (χ0v) is 14.2. The number of hydrogen-bond acceptors (Lipinski definition) is 3. The molecule has 5 heteroatoms. The molecular formula is C12H13Br2NS2. The molecule has 1 atom stereocenters. The quantitative estimate of drug-likeness (QED) is 0.732. The molecule has 17 heavy (non-hydrogen) atoms. The van der Waals surface area contributed by atoms with E-state index in [0.717, 1.165) is 13.0 Å². The zero-order valence-electron chi connectivity index (χ0n) is 9.37. The Kier molecular flexibility index (Phi) is 5.24. The van der Waals surface area contributed by atoms with Crippen molar-refractivity contribution >= 4 is 54.5 Å². The fourth-order valence-electron chi connectivity index (χ4n) is 1.76. The highest BCUT2D eigenvalue weighted by Gasteiger charge is 2.17. The standard InChI is InChI=1S/C12H13Br2NS2/c1-2-15-10(6-8-4-3-5-16-8)9-7-11(13)17-12(9)14/h3-5,7,10,15H,2,6H2,1H3. The van der Waals surface area contributed by atoms with Gasteiger partial charge in [0.05, 0.1) is 7.57 Å². The Morgan fingerprint density at radius 2 is 2.24 bits per heavy atom. The van der Waals surface area contributed by atoms with Gasteiger partial charge >= 0.3 is 0 Å². The number of rotatable bonds is 5. The van der Waals surface area contributed by atoms with Gasteiger partial charge in [0.25, 0.3) is 0 Å². The second-order valence-corrected chi connectivity index (χ2v) is 8.45. The second kappa shape index (κ2) is 6.48. The predicted molar refractivity (Wildman–Crippen MR) is 84.2 cm³/mol. The number of hydrogen-bond donors (Lipinski definition) is 1. The average Bonchev–Trinajstić information content (AvgIpc) is 2.88. The van der Waals surface area contributed by atoms with Crippen LogP contribution in [0, 0.1) is 0 Å². The van der Waals surface area contributed by atoms with E-state index in [1.54, 1.807) is 11.3 Å². The van der Waals surface area contributed by atoms with Crippen LogP contribution < -0.4 is 5.32 Å². The van der Waals surface area contributed by atoms with Crippen LogP contribution >= 0.6 is 54.5 Å². The van der Waals surface area contributed by atoms with Gasteiger partial charge in [0, 0.05) is 17.3 Å². The van der Waals surface area contributed by atoms with Crippen molar-refractivity contribution in [1.82, 2.24) is 5.32 Å². The van der Waals surface area contributed by atoms with Crippen molar-refractivity contribution in [3.8, 4) is 0 Å². The van der Waals surface area contributed by atoms with Gasteiger partial charge in [-0.15, -0.1) is 22.7 Å². The Bertz CT molecular complexity index is 465. The predicted octanol–water partition coefficient (Wildman–Crippen LogP) is 5.23. The Balaban J connectivity index is 2.19. The molecule has 1 unspecified atom stereocenters. The summed E-state index contributed by atoms with van der Waals surface area (Å²) in [5.41, 5.74) is 1.34. The van der Waals surface area contributed by atoms with E-state index in [-0.39, 0.29) is 0 Å². The van der Waals surface area contributed by atoms with E-state index in [2.05, 4.69) is 67.7 Å². The monoisotopic (exact) mass is 393 g/mol. The van der Waals surface area contributed by atoms with Crippen LogP contribution in [0.1, 0.15) is 23.4 Å². The van der Waals surface area contributed by atoms with Gasteiger partial charge in [-0.3, -0.25) is 0 Å². The molecular weight excluding hydrogens is 382 g/mol. The van der Waals surface area contributed by atoms with E-state index in [4.69, 9.17) is 0 Å². The molecule has 1 nitrogen and oxygen atoms in total. The summed E-state index contributed by atoms with van der Waals surface area (Å²) in [4.78, 5) is 1.42. The molecule has 0 spiro atoms. The van der Waals surface area contributed by atoms with Crippen molar-refractivity contribution in [2.75, 3.05) is 6.54 Å². The summed E-state index contributed by atoms with van der Waals surface area (Å²) in [6.45, 7) is 3.13. The molecule has 0 saturated heterocycles. The van der Waals surface area contributed by atoms with E-state index in [1.165, 1.54) is 18.0 Å². The maximum absolute atomic E-state index is 3.64. The third kappa shape index (κ3) is 3.64. The second-order valence-electron chi connectivity index (χ2n) is 3.67.